The first-order valence-electron chi connectivity index (χ1n) is 6.57. The van der Waals surface area contributed by atoms with Gasteiger partial charge in [-0.05, 0) is 30.9 Å². The van der Waals surface area contributed by atoms with Crippen LogP contribution in [0.3, 0.4) is 0 Å². The summed E-state index contributed by atoms with van der Waals surface area (Å²) in [6.07, 6.45) is 5.13. The van der Waals surface area contributed by atoms with Crippen LogP contribution in [0, 0.1) is 11.7 Å². The number of piperidine rings is 1. The fraction of sp³-hybridized carbons (Fsp3) is 0.429. The number of hydrogen-bond donors (Lipinski definition) is 0. The summed E-state index contributed by atoms with van der Waals surface area (Å²) >= 11 is 0. The highest BCUT2D eigenvalue weighted by molar-refractivity contribution is 5.93. The lowest BCUT2D eigenvalue weighted by atomic mass is 10.0. The molecule has 0 spiro atoms. The lowest BCUT2D eigenvalue weighted by molar-refractivity contribution is 0.0678. The topological polar surface area (TPSA) is 37.6 Å². The van der Waals surface area contributed by atoms with E-state index in [4.69, 9.17) is 0 Å². The molecule has 0 radical (unpaired) electrons. The van der Waals surface area contributed by atoms with Crippen LogP contribution in [-0.4, -0.2) is 33.3 Å². The van der Waals surface area contributed by atoms with E-state index in [9.17, 15) is 9.18 Å². The molecule has 0 saturated carbocycles. The standard InChI is InChI=1S/C14H16FN3O/c1-10-3-2-6-17(7-10)14(19)12-9-18-8-11(15)4-5-13(18)16-12/h4-5,8-10H,2-3,6-7H2,1H3. The molecule has 0 bridgehead atoms. The summed E-state index contributed by atoms with van der Waals surface area (Å²) in [6.45, 7) is 3.71. The normalized spacial score (nSPS) is 19.9. The van der Waals surface area contributed by atoms with Crippen molar-refractivity contribution in [3.8, 4) is 0 Å². The Morgan fingerprint density at radius 3 is 3.05 bits per heavy atom. The second kappa shape index (κ2) is 4.64. The first-order chi connectivity index (χ1) is 9.13. The van der Waals surface area contributed by atoms with Crippen LogP contribution in [0.25, 0.3) is 5.65 Å². The molecule has 3 rings (SSSR count). The van der Waals surface area contributed by atoms with Gasteiger partial charge in [0.2, 0.25) is 0 Å². The molecular weight excluding hydrogens is 245 g/mol. The number of imidazole rings is 1. The molecular formula is C14H16FN3O. The lowest BCUT2D eigenvalue weighted by Crippen LogP contribution is -2.39. The highest BCUT2D eigenvalue weighted by atomic mass is 19.1. The van der Waals surface area contributed by atoms with E-state index in [0.717, 1.165) is 19.5 Å². The van der Waals surface area contributed by atoms with Crippen LogP contribution in [-0.2, 0) is 0 Å². The molecule has 1 amide bonds. The number of pyridine rings is 1. The molecule has 5 heteroatoms. The number of carbonyl (C=O) groups excluding carboxylic acids is 1. The van der Waals surface area contributed by atoms with Gasteiger partial charge < -0.3 is 9.30 Å². The zero-order valence-corrected chi connectivity index (χ0v) is 10.8. The van der Waals surface area contributed by atoms with Gasteiger partial charge in [-0.3, -0.25) is 4.79 Å². The van der Waals surface area contributed by atoms with Crippen LogP contribution >= 0.6 is 0 Å². The van der Waals surface area contributed by atoms with Crippen LogP contribution in [0.2, 0.25) is 0 Å². The monoisotopic (exact) mass is 261 g/mol. The summed E-state index contributed by atoms with van der Waals surface area (Å²) in [6, 6.07) is 2.92. The third kappa shape index (κ3) is 2.32. The Morgan fingerprint density at radius 2 is 2.26 bits per heavy atom. The third-order valence-electron chi connectivity index (χ3n) is 3.58. The largest absolute Gasteiger partial charge is 0.337 e. The van der Waals surface area contributed by atoms with Crippen molar-refractivity contribution < 1.29 is 9.18 Å². The van der Waals surface area contributed by atoms with E-state index in [2.05, 4.69) is 11.9 Å². The predicted molar refractivity (Wildman–Crippen MR) is 69.5 cm³/mol. The smallest absolute Gasteiger partial charge is 0.274 e. The fourth-order valence-electron chi connectivity index (χ4n) is 2.60. The summed E-state index contributed by atoms with van der Waals surface area (Å²) in [7, 11) is 0. The Labute approximate surface area is 110 Å². The molecule has 100 valence electrons. The first kappa shape index (κ1) is 12.1. The van der Waals surface area contributed by atoms with Gasteiger partial charge in [0.05, 0.1) is 0 Å². The third-order valence-corrected chi connectivity index (χ3v) is 3.58. The van der Waals surface area contributed by atoms with E-state index in [1.165, 1.54) is 18.7 Å². The minimum Gasteiger partial charge on any atom is -0.337 e. The zero-order chi connectivity index (χ0) is 13.4. The molecule has 19 heavy (non-hydrogen) atoms. The maximum Gasteiger partial charge on any atom is 0.274 e. The average molecular weight is 261 g/mol. The number of amides is 1. The average Bonchev–Trinajstić information content (AvgIpc) is 2.80. The number of carbonyl (C=O) groups is 1. The maximum atomic E-state index is 13.1. The van der Waals surface area contributed by atoms with Crippen LogP contribution in [0.15, 0.2) is 24.5 Å². The maximum absolute atomic E-state index is 13.1. The van der Waals surface area contributed by atoms with E-state index < -0.39 is 0 Å². The molecule has 1 atom stereocenters. The summed E-state index contributed by atoms with van der Waals surface area (Å²) in [5.41, 5.74) is 0.981. The van der Waals surface area contributed by atoms with Crippen molar-refractivity contribution in [3.63, 3.8) is 0 Å². The second-order valence-corrected chi connectivity index (χ2v) is 5.24. The molecule has 4 nitrogen and oxygen atoms in total. The molecule has 0 N–H and O–H groups in total. The van der Waals surface area contributed by atoms with Crippen molar-refractivity contribution in [1.29, 1.82) is 0 Å². The van der Waals surface area contributed by atoms with Crippen LogP contribution < -0.4 is 0 Å². The number of fused-ring (bicyclic) bond motifs is 1. The van der Waals surface area contributed by atoms with Gasteiger partial charge in [-0.2, -0.15) is 0 Å². The molecule has 0 aromatic carbocycles. The van der Waals surface area contributed by atoms with E-state index >= 15 is 0 Å². The van der Waals surface area contributed by atoms with Crippen LogP contribution in [0.4, 0.5) is 4.39 Å². The molecule has 3 heterocycles. The number of halogens is 1. The Balaban J connectivity index is 1.88. The Kier molecular flexibility index (Phi) is 2.97. The summed E-state index contributed by atoms with van der Waals surface area (Å²) in [4.78, 5) is 18.5. The predicted octanol–water partition coefficient (Wildman–Crippen LogP) is 2.35. The number of hydrogen-bond acceptors (Lipinski definition) is 2. The molecule has 2 aromatic heterocycles. The summed E-state index contributed by atoms with van der Waals surface area (Å²) in [5.74, 6) is 0.137. The molecule has 1 aliphatic heterocycles. The highest BCUT2D eigenvalue weighted by Gasteiger charge is 2.23. The molecule has 1 aliphatic rings. The first-order valence-corrected chi connectivity index (χ1v) is 6.57. The SMILES string of the molecule is CC1CCCN(C(=O)c2cn3cc(F)ccc3n2)C1. The molecule has 1 unspecified atom stereocenters. The summed E-state index contributed by atoms with van der Waals surface area (Å²) in [5, 5.41) is 0. The molecule has 1 fully saturated rings. The number of rotatable bonds is 1. The number of nitrogens with zero attached hydrogens (tertiary/aromatic N) is 3. The van der Waals surface area contributed by atoms with Gasteiger partial charge in [0.25, 0.3) is 5.91 Å². The van der Waals surface area contributed by atoms with Gasteiger partial charge in [-0.15, -0.1) is 0 Å². The van der Waals surface area contributed by atoms with Crippen molar-refractivity contribution in [1.82, 2.24) is 14.3 Å². The second-order valence-electron chi connectivity index (χ2n) is 5.24. The molecule has 1 saturated heterocycles. The number of likely N-dealkylation sites (tertiary alicyclic amines) is 1. The Bertz CT molecular complexity index is 622. The van der Waals surface area contributed by atoms with Crippen LogP contribution in [0.1, 0.15) is 30.3 Å². The van der Waals surface area contributed by atoms with E-state index in [0.29, 0.717) is 17.3 Å². The van der Waals surface area contributed by atoms with Gasteiger partial charge in [0, 0.05) is 25.5 Å². The fourth-order valence-corrected chi connectivity index (χ4v) is 2.60. The van der Waals surface area contributed by atoms with Crippen molar-refractivity contribution in [3.05, 3.63) is 36.0 Å². The Hall–Kier alpha value is -1.91. The quantitative estimate of drug-likeness (QED) is 0.790. The molecule has 0 aliphatic carbocycles. The lowest BCUT2D eigenvalue weighted by Gasteiger charge is -2.30. The van der Waals surface area contributed by atoms with Gasteiger partial charge in [0.15, 0.2) is 0 Å². The minimum absolute atomic E-state index is 0.0596. The van der Waals surface area contributed by atoms with Gasteiger partial charge in [-0.25, -0.2) is 9.37 Å². The van der Waals surface area contributed by atoms with Gasteiger partial charge >= 0.3 is 0 Å². The highest BCUT2D eigenvalue weighted by Crippen LogP contribution is 2.18. The van der Waals surface area contributed by atoms with Crippen LogP contribution in [0.5, 0.6) is 0 Å². The van der Waals surface area contributed by atoms with Gasteiger partial charge in [0.1, 0.15) is 17.2 Å². The Morgan fingerprint density at radius 1 is 1.42 bits per heavy atom. The van der Waals surface area contributed by atoms with Crippen molar-refractivity contribution >= 4 is 11.6 Å². The minimum atomic E-state index is -0.338. The van der Waals surface area contributed by atoms with Crippen molar-refractivity contribution in [2.24, 2.45) is 5.92 Å². The number of aromatic nitrogens is 2. The summed E-state index contributed by atoms with van der Waals surface area (Å²) < 4.78 is 14.7. The van der Waals surface area contributed by atoms with E-state index in [1.54, 1.807) is 16.7 Å². The van der Waals surface area contributed by atoms with Crippen molar-refractivity contribution in [2.45, 2.75) is 19.8 Å². The van der Waals surface area contributed by atoms with Gasteiger partial charge in [-0.1, -0.05) is 6.92 Å². The van der Waals surface area contributed by atoms with Crippen molar-refractivity contribution in [2.75, 3.05) is 13.1 Å². The van der Waals surface area contributed by atoms with E-state index in [1.807, 2.05) is 4.90 Å². The van der Waals surface area contributed by atoms with E-state index in [-0.39, 0.29) is 11.7 Å². The molecule has 2 aromatic rings. The zero-order valence-electron chi connectivity index (χ0n) is 10.8.